The van der Waals surface area contributed by atoms with Gasteiger partial charge in [-0.1, -0.05) is 18.6 Å². The van der Waals surface area contributed by atoms with Gasteiger partial charge < -0.3 is 0 Å². The van der Waals surface area contributed by atoms with Crippen molar-refractivity contribution < 1.29 is 8.42 Å². The van der Waals surface area contributed by atoms with Crippen molar-refractivity contribution in [2.75, 3.05) is 11.5 Å². The van der Waals surface area contributed by atoms with E-state index in [1.165, 1.54) is 6.42 Å². The highest BCUT2D eigenvalue weighted by molar-refractivity contribution is 7.91. The van der Waals surface area contributed by atoms with E-state index in [-0.39, 0.29) is 10.8 Å². The van der Waals surface area contributed by atoms with Crippen LogP contribution in [0.1, 0.15) is 32.1 Å². The van der Waals surface area contributed by atoms with E-state index in [1.807, 2.05) is 0 Å². The third kappa shape index (κ3) is 0.940. The van der Waals surface area contributed by atoms with Gasteiger partial charge in [0.2, 0.25) is 0 Å². The molecule has 0 amide bonds. The summed E-state index contributed by atoms with van der Waals surface area (Å²) in [6.45, 7) is 0. The lowest BCUT2D eigenvalue weighted by Crippen LogP contribution is -2.37. The summed E-state index contributed by atoms with van der Waals surface area (Å²) < 4.78 is 23.5. The van der Waals surface area contributed by atoms with E-state index in [9.17, 15) is 8.42 Å². The molecule has 1 saturated carbocycles. The maximum Gasteiger partial charge on any atom is 0.151 e. The lowest BCUT2D eigenvalue weighted by atomic mass is 9.62. The standard InChI is InChI=1S/C11H16O2S/c12-14(13)8-10-4-1-2-5-11(10,9-14)7-3-6-10/h1-2H,3-9H2/t10-,11+. The molecule has 2 fully saturated rings. The third-order valence-corrected chi connectivity index (χ3v) is 6.60. The van der Waals surface area contributed by atoms with Gasteiger partial charge in [0.15, 0.2) is 9.84 Å². The first-order valence-electron chi connectivity index (χ1n) is 5.43. The van der Waals surface area contributed by atoms with Gasteiger partial charge in [0.25, 0.3) is 0 Å². The van der Waals surface area contributed by atoms with Crippen molar-refractivity contribution in [3.05, 3.63) is 12.2 Å². The van der Waals surface area contributed by atoms with Crippen LogP contribution >= 0.6 is 0 Å². The second kappa shape index (κ2) is 2.43. The lowest BCUT2D eigenvalue weighted by Gasteiger charge is -2.40. The van der Waals surface area contributed by atoms with Crippen LogP contribution in [0, 0.1) is 10.8 Å². The number of sulfone groups is 1. The molecular weight excluding hydrogens is 196 g/mol. The minimum Gasteiger partial charge on any atom is -0.229 e. The van der Waals surface area contributed by atoms with Gasteiger partial charge in [-0.3, -0.25) is 0 Å². The second-order valence-corrected chi connectivity index (χ2v) is 7.39. The highest BCUT2D eigenvalue weighted by Crippen LogP contribution is 2.64. The molecule has 0 bridgehead atoms. The number of hydrogen-bond acceptors (Lipinski definition) is 2. The van der Waals surface area contributed by atoms with Crippen LogP contribution in [0.2, 0.25) is 0 Å². The van der Waals surface area contributed by atoms with Gasteiger partial charge in [-0.2, -0.15) is 0 Å². The topological polar surface area (TPSA) is 34.1 Å². The predicted octanol–water partition coefficient (Wildman–Crippen LogP) is 1.92. The van der Waals surface area contributed by atoms with Crippen molar-refractivity contribution in [1.82, 2.24) is 0 Å². The Kier molecular flexibility index (Phi) is 1.56. The van der Waals surface area contributed by atoms with Crippen molar-refractivity contribution in [2.24, 2.45) is 10.8 Å². The minimum absolute atomic E-state index is 0.139. The molecule has 2 atom stereocenters. The molecule has 2 nitrogen and oxygen atoms in total. The van der Waals surface area contributed by atoms with Gasteiger partial charge in [0.05, 0.1) is 11.5 Å². The Bertz CT molecular complexity index is 366. The number of rotatable bonds is 0. The Morgan fingerprint density at radius 3 is 1.93 bits per heavy atom. The molecule has 0 N–H and O–H groups in total. The Labute approximate surface area is 85.3 Å². The summed E-state index contributed by atoms with van der Waals surface area (Å²) in [5.74, 6) is 0.925. The molecule has 0 spiro atoms. The van der Waals surface area contributed by atoms with Gasteiger partial charge in [-0.15, -0.1) is 0 Å². The van der Waals surface area contributed by atoms with E-state index in [0.29, 0.717) is 11.5 Å². The molecule has 0 aromatic rings. The van der Waals surface area contributed by atoms with Crippen molar-refractivity contribution in [3.63, 3.8) is 0 Å². The molecule has 0 radical (unpaired) electrons. The van der Waals surface area contributed by atoms with Gasteiger partial charge in [0.1, 0.15) is 0 Å². The zero-order valence-electron chi connectivity index (χ0n) is 8.33. The maximum absolute atomic E-state index is 11.8. The maximum atomic E-state index is 11.8. The van der Waals surface area contributed by atoms with E-state index >= 15 is 0 Å². The highest BCUT2D eigenvalue weighted by atomic mass is 32.2. The molecule has 1 aliphatic heterocycles. The molecule has 78 valence electrons. The SMILES string of the molecule is O=S1(=O)C[C@@]23CC=CC[C@@]2(CCC3)C1. The largest absolute Gasteiger partial charge is 0.229 e. The molecule has 14 heavy (non-hydrogen) atoms. The summed E-state index contributed by atoms with van der Waals surface area (Å²) in [5.41, 5.74) is 0.279. The van der Waals surface area contributed by atoms with Gasteiger partial charge in [-0.25, -0.2) is 8.42 Å². The first-order valence-corrected chi connectivity index (χ1v) is 7.25. The normalized spacial score (nSPS) is 48.9. The molecule has 1 heterocycles. The number of allylic oxidation sites excluding steroid dienone is 2. The van der Waals surface area contributed by atoms with E-state index in [4.69, 9.17) is 0 Å². The van der Waals surface area contributed by atoms with E-state index in [2.05, 4.69) is 12.2 Å². The smallest absolute Gasteiger partial charge is 0.151 e. The van der Waals surface area contributed by atoms with Crippen LogP contribution in [0.4, 0.5) is 0 Å². The zero-order chi connectivity index (χ0) is 9.86. The van der Waals surface area contributed by atoms with E-state index in [0.717, 1.165) is 25.7 Å². The number of hydrogen-bond donors (Lipinski definition) is 0. The van der Waals surface area contributed by atoms with Crippen LogP contribution in [-0.4, -0.2) is 19.9 Å². The monoisotopic (exact) mass is 212 g/mol. The van der Waals surface area contributed by atoms with Crippen LogP contribution < -0.4 is 0 Å². The van der Waals surface area contributed by atoms with Crippen LogP contribution in [-0.2, 0) is 9.84 Å². The summed E-state index contributed by atoms with van der Waals surface area (Å²) in [5, 5.41) is 0. The molecule has 3 rings (SSSR count). The zero-order valence-corrected chi connectivity index (χ0v) is 9.15. The fraction of sp³-hybridized carbons (Fsp3) is 0.818. The van der Waals surface area contributed by atoms with Crippen LogP contribution in [0.15, 0.2) is 12.2 Å². The highest BCUT2D eigenvalue weighted by Gasteiger charge is 2.62. The fourth-order valence-electron chi connectivity index (χ4n) is 4.01. The second-order valence-electron chi connectivity index (χ2n) is 5.33. The van der Waals surface area contributed by atoms with Gasteiger partial charge >= 0.3 is 0 Å². The van der Waals surface area contributed by atoms with Crippen molar-refractivity contribution in [1.29, 1.82) is 0 Å². The van der Waals surface area contributed by atoms with Crippen molar-refractivity contribution >= 4 is 9.84 Å². The molecule has 3 heteroatoms. The van der Waals surface area contributed by atoms with Crippen LogP contribution in [0.5, 0.6) is 0 Å². The average Bonchev–Trinajstić information content (AvgIpc) is 2.50. The first-order chi connectivity index (χ1) is 6.58. The predicted molar refractivity (Wildman–Crippen MR) is 55.7 cm³/mol. The molecule has 2 aliphatic carbocycles. The fourth-order valence-corrected chi connectivity index (χ4v) is 6.93. The van der Waals surface area contributed by atoms with Crippen molar-refractivity contribution in [3.8, 4) is 0 Å². The summed E-state index contributed by atoms with van der Waals surface area (Å²) in [7, 11) is -2.75. The van der Waals surface area contributed by atoms with Gasteiger partial charge in [0, 0.05) is 0 Å². The molecule has 3 aliphatic rings. The third-order valence-electron chi connectivity index (χ3n) is 4.61. The summed E-state index contributed by atoms with van der Waals surface area (Å²) in [6, 6.07) is 0. The Balaban J connectivity index is 2.14. The molecule has 0 aromatic heterocycles. The summed E-state index contributed by atoms with van der Waals surface area (Å²) in [4.78, 5) is 0. The van der Waals surface area contributed by atoms with Crippen LogP contribution in [0.25, 0.3) is 0 Å². The van der Waals surface area contributed by atoms with Gasteiger partial charge in [-0.05, 0) is 36.5 Å². The Hall–Kier alpha value is -0.310. The lowest BCUT2D eigenvalue weighted by molar-refractivity contribution is 0.131. The van der Waals surface area contributed by atoms with Crippen LogP contribution in [0.3, 0.4) is 0 Å². The Morgan fingerprint density at radius 2 is 1.43 bits per heavy atom. The molecule has 1 saturated heterocycles. The molecule has 0 unspecified atom stereocenters. The minimum atomic E-state index is -2.75. The average molecular weight is 212 g/mol. The summed E-state index contributed by atoms with van der Waals surface area (Å²) >= 11 is 0. The molecular formula is C11H16O2S. The van der Waals surface area contributed by atoms with E-state index in [1.54, 1.807) is 0 Å². The summed E-state index contributed by atoms with van der Waals surface area (Å²) in [6.07, 6.45) is 9.91. The Morgan fingerprint density at radius 1 is 0.929 bits per heavy atom. The first kappa shape index (κ1) is 8.96. The van der Waals surface area contributed by atoms with E-state index < -0.39 is 9.84 Å². The molecule has 0 aromatic carbocycles. The quantitative estimate of drug-likeness (QED) is 0.575. The van der Waals surface area contributed by atoms with Crippen molar-refractivity contribution in [2.45, 2.75) is 32.1 Å².